The fraction of sp³-hybridized carbons (Fsp3) is 1.00. The van der Waals surface area contributed by atoms with E-state index in [0.29, 0.717) is 0 Å². The Morgan fingerprint density at radius 3 is 1.07 bits per heavy atom. The second-order valence-corrected chi connectivity index (χ2v) is 5.22. The molecule has 0 aliphatic rings. The van der Waals surface area contributed by atoms with Crippen LogP contribution in [0.3, 0.4) is 0 Å². The van der Waals surface area contributed by atoms with Crippen molar-refractivity contribution in [1.82, 2.24) is 0 Å². The third-order valence-electron chi connectivity index (χ3n) is 1.63. The Kier molecular flexibility index (Phi) is 7.38. The molecule has 0 saturated heterocycles. The molecule has 0 aromatic rings. The summed E-state index contributed by atoms with van der Waals surface area (Å²) in [6.45, 7) is 8.97. The van der Waals surface area contributed by atoms with Gasteiger partial charge in [-0.1, -0.05) is 34.6 Å². The summed E-state index contributed by atoms with van der Waals surface area (Å²) in [5, 5.41) is 33.8. The van der Waals surface area contributed by atoms with Gasteiger partial charge in [-0.15, -0.1) is 0 Å². The average Bonchev–Trinajstić information content (AvgIpc) is 2.04. The van der Waals surface area contributed by atoms with E-state index in [1.165, 1.54) is 0 Å². The lowest BCUT2D eigenvalue weighted by Gasteiger charge is -2.19. The Labute approximate surface area is 86.2 Å². The molecule has 0 atom stereocenters. The van der Waals surface area contributed by atoms with Gasteiger partial charge in [0, 0.05) is 10.8 Å². The van der Waals surface area contributed by atoms with Crippen molar-refractivity contribution in [2.45, 2.75) is 40.9 Å². The second kappa shape index (κ2) is 6.35. The zero-order valence-corrected chi connectivity index (χ0v) is 9.78. The molecule has 0 aliphatic carbocycles. The van der Waals surface area contributed by atoms with Crippen LogP contribution in [0.15, 0.2) is 0 Å². The van der Waals surface area contributed by atoms with Crippen LogP contribution in [-0.4, -0.2) is 39.9 Å². The van der Waals surface area contributed by atoms with Gasteiger partial charge >= 0.3 is 0 Å². The van der Waals surface area contributed by atoms with Gasteiger partial charge in [0.25, 0.3) is 0 Å². The van der Waals surface area contributed by atoms with E-state index < -0.39 is 6.29 Å². The minimum absolute atomic E-state index is 0.0451. The number of hydrogen-bond donors (Lipinski definition) is 4. The molecule has 4 heteroatoms. The Balaban J connectivity index is 0. The Morgan fingerprint density at radius 2 is 1.07 bits per heavy atom. The molecule has 0 heterocycles. The lowest BCUT2D eigenvalue weighted by atomic mass is 9.96. The molecule has 0 aliphatic heterocycles. The van der Waals surface area contributed by atoms with Crippen LogP contribution < -0.4 is 0 Å². The number of aliphatic hydroxyl groups excluding tert-OH is 3. The highest BCUT2D eigenvalue weighted by molar-refractivity contribution is 4.63. The molecule has 0 fully saturated rings. The van der Waals surface area contributed by atoms with Gasteiger partial charge in [-0.3, -0.25) is 0 Å². The average molecular weight is 208 g/mol. The maximum absolute atomic E-state index is 8.44. The molecule has 0 unspecified atom stereocenters. The molecule has 4 nitrogen and oxygen atoms in total. The number of rotatable bonds is 2. The van der Waals surface area contributed by atoms with Crippen molar-refractivity contribution in [2.24, 2.45) is 10.8 Å². The van der Waals surface area contributed by atoms with Crippen LogP contribution in [0.4, 0.5) is 0 Å². The predicted octanol–water partition coefficient (Wildman–Crippen LogP) is 0.340. The maximum Gasteiger partial charge on any atom is 0.156 e. The van der Waals surface area contributed by atoms with E-state index in [9.17, 15) is 0 Å². The fourth-order valence-corrected chi connectivity index (χ4v) is 0.0500. The van der Waals surface area contributed by atoms with E-state index in [1.807, 2.05) is 0 Å². The molecule has 0 rings (SSSR count). The summed E-state index contributed by atoms with van der Waals surface area (Å²) in [5.41, 5.74) is -0.694. The smallest absolute Gasteiger partial charge is 0.156 e. The van der Waals surface area contributed by atoms with E-state index in [2.05, 4.69) is 0 Å². The molecule has 0 aromatic heterocycles. The second-order valence-electron chi connectivity index (χ2n) is 5.22. The molecule has 14 heavy (non-hydrogen) atoms. The van der Waals surface area contributed by atoms with E-state index in [-0.39, 0.29) is 24.0 Å². The monoisotopic (exact) mass is 208 g/mol. The van der Waals surface area contributed by atoms with Gasteiger partial charge in [-0.05, 0) is 0 Å². The summed E-state index contributed by atoms with van der Waals surface area (Å²) in [4.78, 5) is 0. The molecule has 0 saturated carbocycles. The highest BCUT2D eigenvalue weighted by Crippen LogP contribution is 2.15. The largest absolute Gasteiger partial charge is 0.396 e. The molecule has 0 bridgehead atoms. The number of aliphatic hydroxyl groups is 4. The SMILES string of the molecule is CC(C)(C)C(O)O.CC(C)(CO)CO. The molecule has 0 amide bonds. The first kappa shape index (κ1) is 16.3. The van der Waals surface area contributed by atoms with Crippen LogP contribution in [-0.2, 0) is 0 Å². The minimum Gasteiger partial charge on any atom is -0.396 e. The third kappa shape index (κ3) is 9.92. The van der Waals surface area contributed by atoms with E-state index >= 15 is 0 Å². The predicted molar refractivity (Wildman–Crippen MR) is 55.6 cm³/mol. The van der Waals surface area contributed by atoms with Crippen molar-refractivity contribution in [2.75, 3.05) is 13.2 Å². The van der Waals surface area contributed by atoms with Crippen molar-refractivity contribution < 1.29 is 20.4 Å². The van der Waals surface area contributed by atoms with Gasteiger partial charge in [0.2, 0.25) is 0 Å². The zero-order valence-electron chi connectivity index (χ0n) is 9.78. The Bertz CT molecular complexity index is 126. The minimum atomic E-state index is -1.20. The molecule has 0 aromatic carbocycles. The van der Waals surface area contributed by atoms with Crippen molar-refractivity contribution >= 4 is 0 Å². The van der Waals surface area contributed by atoms with E-state index in [1.54, 1.807) is 34.6 Å². The van der Waals surface area contributed by atoms with Gasteiger partial charge in [0.05, 0.1) is 13.2 Å². The van der Waals surface area contributed by atoms with Crippen molar-refractivity contribution in [3.05, 3.63) is 0 Å². The molecule has 4 N–H and O–H groups in total. The van der Waals surface area contributed by atoms with Gasteiger partial charge in [-0.25, -0.2) is 0 Å². The Hall–Kier alpha value is -0.160. The van der Waals surface area contributed by atoms with Crippen LogP contribution >= 0.6 is 0 Å². The summed E-state index contributed by atoms with van der Waals surface area (Å²) >= 11 is 0. The van der Waals surface area contributed by atoms with Crippen LogP contribution in [0.1, 0.15) is 34.6 Å². The highest BCUT2D eigenvalue weighted by atomic mass is 16.5. The van der Waals surface area contributed by atoms with Gasteiger partial charge < -0.3 is 20.4 Å². The first-order valence-corrected chi connectivity index (χ1v) is 4.64. The maximum atomic E-state index is 8.44. The summed E-state index contributed by atoms with van der Waals surface area (Å²) in [5.74, 6) is 0. The summed E-state index contributed by atoms with van der Waals surface area (Å²) in [7, 11) is 0. The van der Waals surface area contributed by atoms with Crippen molar-refractivity contribution in [3.63, 3.8) is 0 Å². The third-order valence-corrected chi connectivity index (χ3v) is 1.63. The molecular formula is C10H24O4. The lowest BCUT2D eigenvalue weighted by molar-refractivity contribution is -0.113. The first-order chi connectivity index (χ1) is 6.06. The Morgan fingerprint density at radius 1 is 0.857 bits per heavy atom. The van der Waals surface area contributed by atoms with Gasteiger partial charge in [0.1, 0.15) is 0 Å². The first-order valence-electron chi connectivity index (χ1n) is 4.64. The molecule has 88 valence electrons. The van der Waals surface area contributed by atoms with Crippen LogP contribution in [0, 0.1) is 10.8 Å². The van der Waals surface area contributed by atoms with Crippen LogP contribution in [0.25, 0.3) is 0 Å². The highest BCUT2D eigenvalue weighted by Gasteiger charge is 2.18. The van der Waals surface area contributed by atoms with E-state index in [4.69, 9.17) is 20.4 Å². The standard InChI is InChI=1S/2C5H12O2/c1-5(2,3)4(6)7;1-5(2,3-6)4-7/h4,6-7H,1-3H3;6-7H,3-4H2,1-2H3. The van der Waals surface area contributed by atoms with Gasteiger partial charge in [-0.2, -0.15) is 0 Å². The summed E-state index contributed by atoms with van der Waals surface area (Å²) in [6, 6.07) is 0. The zero-order chi connectivity index (χ0) is 12.0. The van der Waals surface area contributed by atoms with Crippen molar-refractivity contribution in [1.29, 1.82) is 0 Å². The van der Waals surface area contributed by atoms with Crippen LogP contribution in [0.5, 0.6) is 0 Å². The van der Waals surface area contributed by atoms with E-state index in [0.717, 1.165) is 0 Å². The summed E-state index contributed by atoms with van der Waals surface area (Å²) in [6.07, 6.45) is -1.20. The van der Waals surface area contributed by atoms with Crippen molar-refractivity contribution in [3.8, 4) is 0 Å². The molecular weight excluding hydrogens is 184 g/mol. The van der Waals surface area contributed by atoms with Gasteiger partial charge in [0.15, 0.2) is 6.29 Å². The molecule has 0 spiro atoms. The topological polar surface area (TPSA) is 80.9 Å². The normalized spacial score (nSPS) is 12.4. The van der Waals surface area contributed by atoms with Crippen LogP contribution in [0.2, 0.25) is 0 Å². The molecule has 0 radical (unpaired) electrons. The lowest BCUT2D eigenvalue weighted by Crippen LogP contribution is -2.24. The number of hydrogen-bond acceptors (Lipinski definition) is 4. The fourth-order valence-electron chi connectivity index (χ4n) is 0.0500. The summed E-state index contributed by atoms with van der Waals surface area (Å²) < 4.78 is 0. The quantitative estimate of drug-likeness (QED) is 0.493.